The third kappa shape index (κ3) is 4.42. The molecule has 5 heteroatoms. The summed E-state index contributed by atoms with van der Waals surface area (Å²) in [7, 11) is 1.75. The van der Waals surface area contributed by atoms with Crippen molar-refractivity contribution in [1.82, 2.24) is 0 Å². The van der Waals surface area contributed by atoms with Crippen LogP contribution in [0.1, 0.15) is 13.8 Å². The van der Waals surface area contributed by atoms with Gasteiger partial charge in [0.1, 0.15) is 5.84 Å². The number of benzene rings is 1. The highest BCUT2D eigenvalue weighted by molar-refractivity contribution is 5.96. The Bertz CT molecular complexity index is 480. The van der Waals surface area contributed by atoms with E-state index in [1.165, 1.54) is 0 Å². The lowest BCUT2D eigenvalue weighted by Gasteiger charge is -2.22. The smallest absolute Gasteiger partial charge is 0.411 e. The lowest BCUT2D eigenvalue weighted by molar-refractivity contribution is 0.168. The van der Waals surface area contributed by atoms with Gasteiger partial charge in [0.2, 0.25) is 0 Å². The largest absolute Gasteiger partial charge is 0.450 e. The monoisotopic (exact) mass is 275 g/mol. The van der Waals surface area contributed by atoms with Crippen molar-refractivity contribution >= 4 is 23.3 Å². The molecule has 5 nitrogen and oxygen atoms in total. The van der Waals surface area contributed by atoms with E-state index in [1.54, 1.807) is 14.0 Å². The van der Waals surface area contributed by atoms with Crippen molar-refractivity contribution in [2.24, 2.45) is 4.99 Å². The van der Waals surface area contributed by atoms with Gasteiger partial charge < -0.3 is 9.64 Å². The third-order valence-corrected chi connectivity index (χ3v) is 2.73. The Morgan fingerprint density at radius 2 is 2.10 bits per heavy atom. The molecule has 20 heavy (non-hydrogen) atoms. The number of anilines is 2. The molecular formula is C15H21N3O2. The van der Waals surface area contributed by atoms with Crippen LogP contribution in [0.2, 0.25) is 0 Å². The first-order chi connectivity index (χ1) is 9.62. The predicted molar refractivity (Wildman–Crippen MR) is 83.7 cm³/mol. The number of carbonyl (C=O) groups is 1. The van der Waals surface area contributed by atoms with Crippen molar-refractivity contribution in [3.8, 4) is 0 Å². The Hall–Kier alpha value is -2.30. The summed E-state index contributed by atoms with van der Waals surface area (Å²) in [5, 5.41) is 2.65. The molecule has 1 aromatic rings. The number of nitrogens with zero attached hydrogens (tertiary/aromatic N) is 2. The molecule has 1 amide bonds. The molecule has 0 bridgehead atoms. The van der Waals surface area contributed by atoms with E-state index in [4.69, 9.17) is 4.74 Å². The fourth-order valence-electron chi connectivity index (χ4n) is 1.68. The fourth-order valence-corrected chi connectivity index (χ4v) is 1.68. The summed E-state index contributed by atoms with van der Waals surface area (Å²) in [5.41, 5.74) is 1.68. The molecule has 1 N–H and O–H groups in total. The molecule has 108 valence electrons. The number of ether oxygens (including phenoxy) is 1. The topological polar surface area (TPSA) is 53.9 Å². The van der Waals surface area contributed by atoms with Crippen LogP contribution in [0.3, 0.4) is 0 Å². The van der Waals surface area contributed by atoms with Crippen LogP contribution in [0.4, 0.5) is 16.2 Å². The van der Waals surface area contributed by atoms with E-state index in [-0.39, 0.29) is 0 Å². The van der Waals surface area contributed by atoms with Gasteiger partial charge >= 0.3 is 6.09 Å². The number of aliphatic imine (C=N–C) groups is 1. The van der Waals surface area contributed by atoms with E-state index in [0.717, 1.165) is 11.5 Å². The maximum absolute atomic E-state index is 11.3. The first-order valence-corrected chi connectivity index (χ1v) is 6.48. The van der Waals surface area contributed by atoms with Gasteiger partial charge in [-0.2, -0.15) is 0 Å². The molecule has 0 spiro atoms. The Balaban J connectivity index is 2.83. The fraction of sp³-hybridized carbons (Fsp3) is 0.333. The van der Waals surface area contributed by atoms with E-state index >= 15 is 0 Å². The summed E-state index contributed by atoms with van der Waals surface area (Å²) in [4.78, 5) is 17.5. The van der Waals surface area contributed by atoms with Gasteiger partial charge in [0, 0.05) is 25.0 Å². The summed E-state index contributed by atoms with van der Waals surface area (Å²) < 4.78 is 4.82. The van der Waals surface area contributed by atoms with Crippen LogP contribution in [0.15, 0.2) is 41.9 Å². The van der Waals surface area contributed by atoms with Gasteiger partial charge in [-0.05, 0) is 38.1 Å². The van der Waals surface area contributed by atoms with Crippen LogP contribution in [0.5, 0.6) is 0 Å². The van der Waals surface area contributed by atoms with Gasteiger partial charge in [0.05, 0.1) is 6.61 Å². The van der Waals surface area contributed by atoms with Crippen molar-refractivity contribution < 1.29 is 9.53 Å². The Morgan fingerprint density at radius 1 is 1.45 bits per heavy atom. The van der Waals surface area contributed by atoms with Crippen LogP contribution >= 0.6 is 0 Å². The van der Waals surface area contributed by atoms with Crippen LogP contribution in [-0.2, 0) is 4.74 Å². The predicted octanol–water partition coefficient (Wildman–Crippen LogP) is 3.30. The minimum absolute atomic E-state index is 0.350. The zero-order valence-electron chi connectivity index (χ0n) is 12.2. The Morgan fingerprint density at radius 3 is 2.60 bits per heavy atom. The zero-order chi connectivity index (χ0) is 15.0. The second-order valence-electron chi connectivity index (χ2n) is 4.06. The molecule has 1 aromatic carbocycles. The number of amidine groups is 1. The molecule has 0 aliphatic carbocycles. The Kier molecular flexibility index (Phi) is 6.29. The van der Waals surface area contributed by atoms with Gasteiger partial charge in [0.15, 0.2) is 0 Å². The molecule has 1 rings (SSSR count). The standard InChI is InChI=1S/C15H21N3O2/c1-5-11-18(12(3)16-4)14-9-7-13(8-10-14)17-15(19)20-6-2/h5,7-10H,1,6,11H2,2-4H3,(H,17,19). The highest BCUT2D eigenvalue weighted by Crippen LogP contribution is 2.18. The molecule has 0 aliphatic heterocycles. The van der Waals surface area contributed by atoms with Crippen molar-refractivity contribution in [1.29, 1.82) is 0 Å². The maximum Gasteiger partial charge on any atom is 0.411 e. The average molecular weight is 275 g/mol. The molecule has 0 radical (unpaired) electrons. The summed E-state index contributed by atoms with van der Waals surface area (Å²) in [6, 6.07) is 7.48. The van der Waals surface area contributed by atoms with Crippen molar-refractivity contribution in [3.05, 3.63) is 36.9 Å². The summed E-state index contributed by atoms with van der Waals surface area (Å²) >= 11 is 0. The molecular weight excluding hydrogens is 254 g/mol. The van der Waals surface area contributed by atoms with Crippen LogP contribution < -0.4 is 10.2 Å². The SMILES string of the molecule is C=CCN(C(C)=NC)c1ccc(NC(=O)OCC)cc1. The number of rotatable bonds is 5. The molecule has 0 aliphatic rings. The number of nitrogens with one attached hydrogen (secondary N) is 1. The van der Waals surface area contributed by atoms with E-state index in [1.807, 2.05) is 42.2 Å². The number of hydrogen-bond acceptors (Lipinski definition) is 3. The van der Waals surface area contributed by atoms with Crippen molar-refractivity contribution in [2.45, 2.75) is 13.8 Å². The van der Waals surface area contributed by atoms with Gasteiger partial charge in [-0.25, -0.2) is 4.79 Å². The summed E-state index contributed by atoms with van der Waals surface area (Å²) in [6.45, 7) is 8.48. The van der Waals surface area contributed by atoms with Gasteiger partial charge in [-0.15, -0.1) is 6.58 Å². The van der Waals surface area contributed by atoms with Crippen molar-refractivity contribution in [2.75, 3.05) is 30.4 Å². The molecule has 0 atom stereocenters. The zero-order valence-corrected chi connectivity index (χ0v) is 12.2. The molecule has 0 heterocycles. The van der Waals surface area contributed by atoms with Crippen LogP contribution in [0.25, 0.3) is 0 Å². The average Bonchev–Trinajstić information content (AvgIpc) is 2.45. The first kappa shape index (κ1) is 15.8. The molecule has 0 saturated heterocycles. The highest BCUT2D eigenvalue weighted by Gasteiger charge is 2.08. The second kappa shape index (κ2) is 7.99. The van der Waals surface area contributed by atoms with E-state index in [0.29, 0.717) is 18.8 Å². The molecule has 0 unspecified atom stereocenters. The van der Waals surface area contributed by atoms with Crippen LogP contribution in [-0.4, -0.2) is 32.1 Å². The van der Waals surface area contributed by atoms with E-state index in [9.17, 15) is 4.79 Å². The van der Waals surface area contributed by atoms with Gasteiger partial charge in [-0.3, -0.25) is 10.3 Å². The summed E-state index contributed by atoms with van der Waals surface area (Å²) in [5.74, 6) is 0.899. The number of hydrogen-bond donors (Lipinski definition) is 1. The highest BCUT2D eigenvalue weighted by atomic mass is 16.5. The molecule has 0 aromatic heterocycles. The van der Waals surface area contributed by atoms with Crippen molar-refractivity contribution in [3.63, 3.8) is 0 Å². The number of carbonyl (C=O) groups excluding carboxylic acids is 1. The second-order valence-corrected chi connectivity index (χ2v) is 4.06. The summed E-state index contributed by atoms with van der Waals surface area (Å²) in [6.07, 6.45) is 1.37. The lowest BCUT2D eigenvalue weighted by Crippen LogP contribution is -2.28. The third-order valence-electron chi connectivity index (χ3n) is 2.73. The minimum Gasteiger partial charge on any atom is -0.450 e. The maximum atomic E-state index is 11.3. The van der Waals surface area contributed by atoms with Crippen LogP contribution in [0, 0.1) is 0 Å². The van der Waals surface area contributed by atoms with E-state index < -0.39 is 6.09 Å². The molecule has 0 saturated carbocycles. The molecule has 0 fully saturated rings. The van der Waals surface area contributed by atoms with E-state index in [2.05, 4.69) is 16.9 Å². The quantitative estimate of drug-likeness (QED) is 0.509. The van der Waals surface area contributed by atoms with Gasteiger partial charge in [-0.1, -0.05) is 6.08 Å². The number of amides is 1. The first-order valence-electron chi connectivity index (χ1n) is 6.48. The normalized spacial score (nSPS) is 10.8. The lowest BCUT2D eigenvalue weighted by atomic mass is 10.2. The Labute approximate surface area is 120 Å². The van der Waals surface area contributed by atoms with Gasteiger partial charge in [0.25, 0.3) is 0 Å². The minimum atomic E-state index is -0.450.